The van der Waals surface area contributed by atoms with Gasteiger partial charge in [-0.1, -0.05) is 0 Å². The molecule has 0 radical (unpaired) electrons. The van der Waals surface area contributed by atoms with E-state index >= 15 is 0 Å². The topological polar surface area (TPSA) is 50.1 Å². The first-order valence-electron chi connectivity index (χ1n) is 2.36. The molecule has 0 aromatic heterocycles. The van der Waals surface area contributed by atoms with E-state index in [9.17, 15) is 4.79 Å². The summed E-state index contributed by atoms with van der Waals surface area (Å²) in [5, 5.41) is 8.21. The fraction of sp³-hybridized carbons (Fsp3) is 0.333. The van der Waals surface area contributed by atoms with Crippen molar-refractivity contribution in [2.45, 2.75) is 6.92 Å². The summed E-state index contributed by atoms with van der Waals surface area (Å²) in [6, 6.07) is 1.69. The van der Waals surface area contributed by atoms with Crippen molar-refractivity contribution in [3.05, 3.63) is 11.8 Å². The third-order valence-electron chi connectivity index (χ3n) is 0.735. The second-order valence-corrected chi connectivity index (χ2v) is 1.44. The highest BCUT2D eigenvalue weighted by atomic mass is 16.5. The summed E-state index contributed by atoms with van der Waals surface area (Å²) in [6.07, 6.45) is 1.13. The maximum Gasteiger partial charge on any atom is 0.173 e. The highest BCUT2D eigenvalue weighted by Gasteiger charge is 1.99. The zero-order valence-corrected chi connectivity index (χ0v) is 5.34. The first kappa shape index (κ1) is 7.70. The summed E-state index contributed by atoms with van der Waals surface area (Å²) in [5.41, 5.74) is 0.0394. The van der Waals surface area contributed by atoms with Gasteiger partial charge in [-0.3, -0.25) is 4.79 Å². The second-order valence-electron chi connectivity index (χ2n) is 1.44. The van der Waals surface area contributed by atoms with Gasteiger partial charge in [0.1, 0.15) is 17.9 Å². The van der Waals surface area contributed by atoms with Crippen LogP contribution in [0.4, 0.5) is 0 Å². The van der Waals surface area contributed by atoms with Crippen LogP contribution in [0.15, 0.2) is 11.8 Å². The van der Waals surface area contributed by atoms with Crippen LogP contribution in [0.1, 0.15) is 6.92 Å². The SMILES string of the molecule is CO/C=C(/C#N)C(C)=O. The molecule has 0 aliphatic carbocycles. The maximum atomic E-state index is 10.4. The van der Waals surface area contributed by atoms with E-state index in [1.165, 1.54) is 14.0 Å². The van der Waals surface area contributed by atoms with Crippen molar-refractivity contribution >= 4 is 5.78 Å². The third kappa shape index (κ3) is 2.50. The molecule has 3 nitrogen and oxygen atoms in total. The van der Waals surface area contributed by atoms with Crippen molar-refractivity contribution in [1.82, 2.24) is 0 Å². The van der Waals surface area contributed by atoms with Crippen LogP contribution in [-0.4, -0.2) is 12.9 Å². The Kier molecular flexibility index (Phi) is 3.14. The molecule has 0 aromatic carbocycles. The van der Waals surface area contributed by atoms with Crippen LogP contribution in [0.3, 0.4) is 0 Å². The molecule has 0 fully saturated rings. The van der Waals surface area contributed by atoms with Crippen molar-refractivity contribution < 1.29 is 9.53 Å². The van der Waals surface area contributed by atoms with Crippen molar-refractivity contribution in [2.75, 3.05) is 7.11 Å². The van der Waals surface area contributed by atoms with E-state index in [2.05, 4.69) is 4.74 Å². The number of carbonyl (C=O) groups excluding carboxylic acids is 1. The molecule has 0 heterocycles. The predicted molar refractivity (Wildman–Crippen MR) is 31.4 cm³/mol. The first-order valence-corrected chi connectivity index (χ1v) is 2.36. The predicted octanol–water partition coefficient (Wildman–Crippen LogP) is 0.629. The number of Topliss-reactive ketones (excluding diaryl/α,β-unsaturated/α-hetero) is 1. The highest BCUT2D eigenvalue weighted by molar-refractivity contribution is 5.96. The molecule has 0 N–H and O–H groups in total. The van der Waals surface area contributed by atoms with Crippen LogP contribution >= 0.6 is 0 Å². The largest absolute Gasteiger partial charge is 0.503 e. The molecule has 0 aliphatic heterocycles. The van der Waals surface area contributed by atoms with Gasteiger partial charge < -0.3 is 4.74 Å². The average Bonchev–Trinajstić information content (AvgIpc) is 1.82. The van der Waals surface area contributed by atoms with E-state index < -0.39 is 0 Å². The monoisotopic (exact) mass is 125 g/mol. The Morgan fingerprint density at radius 3 is 2.44 bits per heavy atom. The molecular formula is C6H7NO2. The average molecular weight is 125 g/mol. The molecule has 0 unspecified atom stereocenters. The van der Waals surface area contributed by atoms with Crippen LogP contribution in [-0.2, 0) is 9.53 Å². The van der Waals surface area contributed by atoms with Crippen LogP contribution in [0.2, 0.25) is 0 Å². The van der Waals surface area contributed by atoms with E-state index in [1.54, 1.807) is 6.07 Å². The molecule has 9 heavy (non-hydrogen) atoms. The maximum absolute atomic E-state index is 10.4. The zero-order chi connectivity index (χ0) is 7.28. The highest BCUT2D eigenvalue weighted by Crippen LogP contribution is 1.92. The summed E-state index contributed by atoms with van der Waals surface area (Å²) >= 11 is 0. The lowest BCUT2D eigenvalue weighted by molar-refractivity contribution is -0.113. The van der Waals surface area contributed by atoms with Crippen LogP contribution in [0.25, 0.3) is 0 Å². The van der Waals surface area contributed by atoms with Gasteiger partial charge in [-0.15, -0.1) is 0 Å². The van der Waals surface area contributed by atoms with Gasteiger partial charge >= 0.3 is 0 Å². The lowest BCUT2D eigenvalue weighted by atomic mass is 10.2. The molecule has 0 amide bonds. The van der Waals surface area contributed by atoms with Gasteiger partial charge in [-0.2, -0.15) is 5.26 Å². The smallest absolute Gasteiger partial charge is 0.173 e. The summed E-state index contributed by atoms with van der Waals surface area (Å²) in [6.45, 7) is 1.31. The number of methoxy groups -OCH3 is 1. The molecule has 0 bridgehead atoms. The molecule has 0 rings (SSSR count). The summed E-state index contributed by atoms with van der Waals surface area (Å²) in [5.74, 6) is -0.278. The number of carbonyl (C=O) groups is 1. The Morgan fingerprint density at radius 2 is 2.33 bits per heavy atom. The quantitative estimate of drug-likeness (QED) is 0.309. The molecular weight excluding hydrogens is 118 g/mol. The van der Waals surface area contributed by atoms with E-state index in [0.29, 0.717) is 0 Å². The van der Waals surface area contributed by atoms with E-state index in [1.807, 2.05) is 0 Å². The molecule has 48 valence electrons. The Bertz CT molecular complexity index is 176. The Morgan fingerprint density at radius 1 is 1.78 bits per heavy atom. The van der Waals surface area contributed by atoms with Gasteiger partial charge in [0.25, 0.3) is 0 Å². The fourth-order valence-electron chi connectivity index (χ4n) is 0.306. The molecule has 0 atom stereocenters. The fourth-order valence-corrected chi connectivity index (χ4v) is 0.306. The Hall–Kier alpha value is -1.30. The van der Waals surface area contributed by atoms with Crippen LogP contribution in [0, 0.1) is 11.3 Å². The Balaban J connectivity index is 4.20. The minimum absolute atomic E-state index is 0.0394. The van der Waals surface area contributed by atoms with Crippen molar-refractivity contribution in [1.29, 1.82) is 5.26 Å². The van der Waals surface area contributed by atoms with Gasteiger partial charge in [0.15, 0.2) is 5.78 Å². The summed E-state index contributed by atoms with van der Waals surface area (Å²) in [4.78, 5) is 10.4. The Labute approximate surface area is 53.5 Å². The molecule has 0 aliphatic rings. The van der Waals surface area contributed by atoms with Gasteiger partial charge in [-0.25, -0.2) is 0 Å². The number of allylic oxidation sites excluding steroid dienone is 1. The van der Waals surface area contributed by atoms with Gasteiger partial charge in [0.05, 0.1) is 7.11 Å². The minimum Gasteiger partial charge on any atom is -0.503 e. The van der Waals surface area contributed by atoms with Crippen LogP contribution in [0.5, 0.6) is 0 Å². The second kappa shape index (κ2) is 3.67. The summed E-state index contributed by atoms with van der Waals surface area (Å²) in [7, 11) is 1.39. The van der Waals surface area contributed by atoms with Crippen molar-refractivity contribution in [3.63, 3.8) is 0 Å². The standard InChI is InChI=1S/C6H7NO2/c1-5(8)6(3-7)4-9-2/h4H,1-2H3/b6-4-. The summed E-state index contributed by atoms with van der Waals surface area (Å²) < 4.78 is 4.45. The van der Waals surface area contributed by atoms with E-state index in [4.69, 9.17) is 5.26 Å². The molecule has 3 heteroatoms. The first-order chi connectivity index (χ1) is 4.22. The lowest BCUT2D eigenvalue weighted by Gasteiger charge is -1.87. The minimum atomic E-state index is -0.278. The van der Waals surface area contributed by atoms with E-state index in [0.717, 1.165) is 6.26 Å². The van der Waals surface area contributed by atoms with Crippen LogP contribution < -0.4 is 0 Å². The molecule has 0 saturated carbocycles. The number of rotatable bonds is 2. The zero-order valence-electron chi connectivity index (χ0n) is 5.34. The van der Waals surface area contributed by atoms with Crippen molar-refractivity contribution in [3.8, 4) is 6.07 Å². The number of ether oxygens (including phenoxy) is 1. The van der Waals surface area contributed by atoms with Crippen molar-refractivity contribution in [2.24, 2.45) is 0 Å². The number of hydrogen-bond acceptors (Lipinski definition) is 3. The molecule has 0 spiro atoms. The number of hydrogen-bond donors (Lipinski definition) is 0. The lowest BCUT2D eigenvalue weighted by Crippen LogP contribution is -1.93. The number of nitriles is 1. The third-order valence-corrected chi connectivity index (χ3v) is 0.735. The number of ketones is 1. The molecule has 0 saturated heterocycles. The normalized spacial score (nSPS) is 10.1. The van der Waals surface area contributed by atoms with Gasteiger partial charge in [-0.05, 0) is 6.92 Å². The van der Waals surface area contributed by atoms with Gasteiger partial charge in [0.2, 0.25) is 0 Å². The number of nitrogens with zero attached hydrogens (tertiary/aromatic N) is 1. The molecule has 0 aromatic rings. The van der Waals surface area contributed by atoms with Gasteiger partial charge in [0, 0.05) is 0 Å². The van der Waals surface area contributed by atoms with E-state index in [-0.39, 0.29) is 11.4 Å².